The van der Waals surface area contributed by atoms with Crippen LogP contribution in [0, 0.1) is 6.92 Å². The Morgan fingerprint density at radius 3 is 2.81 bits per heavy atom. The van der Waals surface area contributed by atoms with E-state index in [9.17, 15) is 14.7 Å². The number of aliphatic hydroxyl groups excluding tert-OH is 1. The fourth-order valence-corrected chi connectivity index (χ4v) is 5.28. The molecule has 0 saturated carbocycles. The first kappa shape index (κ1) is 24.0. The second-order valence-electron chi connectivity index (χ2n) is 9.00. The normalized spacial score (nSPS) is 20.5. The van der Waals surface area contributed by atoms with Crippen LogP contribution in [0.1, 0.15) is 54.4 Å². The van der Waals surface area contributed by atoms with Gasteiger partial charge in [-0.15, -0.1) is 10.2 Å². The van der Waals surface area contributed by atoms with E-state index in [2.05, 4.69) is 17.1 Å². The number of anilines is 1. The van der Waals surface area contributed by atoms with E-state index < -0.39 is 17.7 Å². The number of aryl methyl sites for hydroxylation is 1. The van der Waals surface area contributed by atoms with E-state index in [0.717, 1.165) is 24.2 Å². The topological polar surface area (TPSA) is 102 Å². The van der Waals surface area contributed by atoms with E-state index in [1.165, 1.54) is 16.2 Å². The number of hydrogen-bond acceptors (Lipinski definition) is 8. The molecule has 2 aliphatic heterocycles. The molecule has 1 N–H and O–H groups in total. The van der Waals surface area contributed by atoms with E-state index in [4.69, 9.17) is 9.47 Å². The van der Waals surface area contributed by atoms with Gasteiger partial charge < -0.3 is 14.6 Å². The van der Waals surface area contributed by atoms with Crippen LogP contribution in [0.15, 0.2) is 48.0 Å². The molecule has 0 bridgehead atoms. The molecule has 2 aliphatic rings. The van der Waals surface area contributed by atoms with Gasteiger partial charge in [0.2, 0.25) is 5.13 Å². The zero-order valence-electron chi connectivity index (χ0n) is 20.4. The monoisotopic (exact) mass is 505 g/mol. The molecule has 36 heavy (non-hydrogen) atoms. The molecule has 1 saturated heterocycles. The molecular formula is C27H27N3O5S. The minimum Gasteiger partial charge on any atom is -0.507 e. The minimum atomic E-state index is -0.879. The van der Waals surface area contributed by atoms with Crippen molar-refractivity contribution in [3.63, 3.8) is 0 Å². The van der Waals surface area contributed by atoms with Crippen molar-refractivity contribution in [3.8, 4) is 11.5 Å². The molecule has 3 heterocycles. The van der Waals surface area contributed by atoms with Crippen LogP contribution in [-0.2, 0) is 16.0 Å². The van der Waals surface area contributed by atoms with Gasteiger partial charge in [0.05, 0.1) is 18.2 Å². The van der Waals surface area contributed by atoms with Crippen molar-refractivity contribution in [2.75, 3.05) is 11.5 Å². The second-order valence-corrected chi connectivity index (χ2v) is 10.2. The number of carbonyl (C=O) groups is 2. The first-order valence-electron chi connectivity index (χ1n) is 12.0. The number of ketones is 1. The molecule has 0 spiro atoms. The molecule has 1 fully saturated rings. The van der Waals surface area contributed by atoms with E-state index in [0.29, 0.717) is 40.0 Å². The Bertz CT molecular complexity index is 1360. The van der Waals surface area contributed by atoms with Gasteiger partial charge in [0.25, 0.3) is 5.78 Å². The van der Waals surface area contributed by atoms with Crippen molar-refractivity contribution in [1.82, 2.24) is 10.2 Å². The van der Waals surface area contributed by atoms with Gasteiger partial charge in [0.15, 0.2) is 0 Å². The third-order valence-corrected chi connectivity index (χ3v) is 7.11. The summed E-state index contributed by atoms with van der Waals surface area (Å²) in [6.45, 7) is 6.40. The van der Waals surface area contributed by atoms with Crippen LogP contribution < -0.4 is 14.4 Å². The number of fused-ring (bicyclic) bond motifs is 1. The number of carbonyl (C=O) groups excluding carboxylic acids is 2. The van der Waals surface area contributed by atoms with Gasteiger partial charge in [-0.05, 0) is 61.7 Å². The van der Waals surface area contributed by atoms with Crippen molar-refractivity contribution < 1.29 is 24.2 Å². The SMILES string of the molecule is CCCCOc1cccc(C2/C(=C(/O)c3ccc4c(c3)CC(C)O4)C(=O)C(=O)N2c2nnc(C)s2)c1. The molecular weight excluding hydrogens is 478 g/mol. The van der Waals surface area contributed by atoms with Crippen molar-refractivity contribution in [3.05, 3.63) is 69.7 Å². The van der Waals surface area contributed by atoms with Crippen LogP contribution in [0.3, 0.4) is 0 Å². The molecule has 9 heteroatoms. The maximum Gasteiger partial charge on any atom is 0.301 e. The molecule has 2 aromatic carbocycles. The zero-order valence-corrected chi connectivity index (χ0v) is 21.2. The number of unbranched alkanes of at least 4 members (excludes halogenated alkanes) is 1. The molecule has 2 atom stereocenters. The lowest BCUT2D eigenvalue weighted by Crippen LogP contribution is -2.29. The minimum absolute atomic E-state index is 0.00507. The fourth-order valence-electron chi connectivity index (χ4n) is 4.56. The predicted molar refractivity (Wildman–Crippen MR) is 137 cm³/mol. The molecule has 0 radical (unpaired) electrons. The zero-order chi connectivity index (χ0) is 25.4. The van der Waals surface area contributed by atoms with Crippen LogP contribution in [0.4, 0.5) is 5.13 Å². The van der Waals surface area contributed by atoms with Gasteiger partial charge >= 0.3 is 5.91 Å². The number of ether oxygens (including phenoxy) is 2. The Morgan fingerprint density at radius 2 is 2.06 bits per heavy atom. The van der Waals surface area contributed by atoms with Gasteiger partial charge in [0, 0.05) is 12.0 Å². The van der Waals surface area contributed by atoms with Gasteiger partial charge in [-0.25, -0.2) is 0 Å². The van der Waals surface area contributed by atoms with Crippen molar-refractivity contribution in [2.24, 2.45) is 0 Å². The Kier molecular flexibility index (Phi) is 6.49. The first-order valence-corrected chi connectivity index (χ1v) is 12.8. The molecule has 8 nitrogen and oxygen atoms in total. The highest BCUT2D eigenvalue weighted by Crippen LogP contribution is 2.44. The number of nitrogens with zero attached hydrogens (tertiary/aromatic N) is 3. The molecule has 1 amide bonds. The fraction of sp³-hybridized carbons (Fsp3) is 0.333. The van der Waals surface area contributed by atoms with Crippen molar-refractivity contribution in [1.29, 1.82) is 0 Å². The molecule has 1 aromatic heterocycles. The highest BCUT2D eigenvalue weighted by Gasteiger charge is 2.48. The lowest BCUT2D eigenvalue weighted by atomic mass is 9.94. The van der Waals surface area contributed by atoms with Crippen LogP contribution in [0.25, 0.3) is 5.76 Å². The Hall–Kier alpha value is -3.72. The average Bonchev–Trinajstić information content (AvgIpc) is 3.53. The summed E-state index contributed by atoms with van der Waals surface area (Å²) in [7, 11) is 0. The summed E-state index contributed by atoms with van der Waals surface area (Å²) in [5.74, 6) is -0.372. The number of aliphatic hydroxyl groups is 1. The number of benzene rings is 2. The molecule has 186 valence electrons. The second kappa shape index (κ2) is 9.73. The van der Waals surface area contributed by atoms with Gasteiger partial charge in [-0.2, -0.15) is 0 Å². The Labute approximate surface area is 213 Å². The van der Waals surface area contributed by atoms with Crippen LogP contribution >= 0.6 is 11.3 Å². The van der Waals surface area contributed by atoms with E-state index in [1.54, 1.807) is 25.1 Å². The van der Waals surface area contributed by atoms with Crippen molar-refractivity contribution >= 4 is 33.9 Å². The summed E-state index contributed by atoms with van der Waals surface area (Å²) in [5, 5.41) is 20.6. The predicted octanol–water partition coefficient (Wildman–Crippen LogP) is 4.98. The maximum atomic E-state index is 13.4. The quantitative estimate of drug-likeness (QED) is 0.209. The van der Waals surface area contributed by atoms with Crippen LogP contribution in [0.2, 0.25) is 0 Å². The molecule has 0 aliphatic carbocycles. The van der Waals surface area contributed by atoms with Gasteiger partial charge in [0.1, 0.15) is 28.4 Å². The van der Waals surface area contributed by atoms with Crippen LogP contribution in [-0.4, -0.2) is 39.7 Å². The average molecular weight is 506 g/mol. The van der Waals surface area contributed by atoms with Gasteiger partial charge in [-0.1, -0.05) is 36.8 Å². The molecule has 5 rings (SSSR count). The lowest BCUT2D eigenvalue weighted by molar-refractivity contribution is -0.132. The van der Waals surface area contributed by atoms with E-state index in [-0.39, 0.29) is 17.4 Å². The standard InChI is InChI=1S/C27H27N3O5S/c1-4-5-11-34-20-8-6-7-17(14-20)23-22(25(32)26(33)30(23)27-29-28-16(3)36-27)24(31)18-9-10-21-19(13-18)12-15(2)35-21/h6-10,13-15,23,31H,4-5,11-12H2,1-3H3/b24-22-. The molecule has 3 aromatic rings. The summed E-state index contributed by atoms with van der Waals surface area (Å²) in [4.78, 5) is 28.0. The van der Waals surface area contributed by atoms with Crippen molar-refractivity contribution in [2.45, 2.75) is 52.2 Å². The number of rotatable bonds is 7. The maximum absolute atomic E-state index is 13.4. The number of aromatic nitrogens is 2. The highest BCUT2D eigenvalue weighted by molar-refractivity contribution is 7.15. The molecule has 2 unspecified atom stereocenters. The summed E-state index contributed by atoms with van der Waals surface area (Å²) < 4.78 is 11.7. The Balaban J connectivity index is 1.63. The van der Waals surface area contributed by atoms with Crippen LogP contribution in [0.5, 0.6) is 11.5 Å². The summed E-state index contributed by atoms with van der Waals surface area (Å²) >= 11 is 1.21. The number of hydrogen-bond donors (Lipinski definition) is 1. The summed E-state index contributed by atoms with van der Waals surface area (Å²) in [5.41, 5.74) is 2.04. The van der Waals surface area contributed by atoms with Gasteiger partial charge in [-0.3, -0.25) is 14.5 Å². The lowest BCUT2D eigenvalue weighted by Gasteiger charge is -2.23. The third-order valence-electron chi connectivity index (χ3n) is 6.28. The summed E-state index contributed by atoms with van der Waals surface area (Å²) in [6, 6.07) is 11.7. The number of amides is 1. The number of Topliss-reactive ketones (excluding diaryl/α,β-unsaturated/α-hetero) is 1. The largest absolute Gasteiger partial charge is 0.507 e. The smallest absolute Gasteiger partial charge is 0.301 e. The van der Waals surface area contributed by atoms with E-state index >= 15 is 0 Å². The first-order chi connectivity index (χ1) is 17.4. The Morgan fingerprint density at radius 1 is 1.22 bits per heavy atom. The highest BCUT2D eigenvalue weighted by atomic mass is 32.1. The third kappa shape index (κ3) is 4.35. The van der Waals surface area contributed by atoms with E-state index in [1.807, 2.05) is 31.2 Å². The summed E-state index contributed by atoms with van der Waals surface area (Å²) in [6.07, 6.45) is 2.66.